The highest BCUT2D eigenvalue weighted by atomic mass is 79.9. The first-order valence-electron chi connectivity index (χ1n) is 6.34. The Hall–Kier alpha value is -0.800. The van der Waals surface area contributed by atoms with E-state index in [1.165, 1.54) is 5.56 Å². The lowest BCUT2D eigenvalue weighted by molar-refractivity contribution is 0.341. The van der Waals surface area contributed by atoms with Gasteiger partial charge in [-0.2, -0.15) is 0 Å². The number of halogens is 1. The number of rotatable bonds is 7. The molecule has 0 aliphatic heterocycles. The van der Waals surface area contributed by atoms with E-state index in [4.69, 9.17) is 4.74 Å². The fourth-order valence-electron chi connectivity index (χ4n) is 1.44. The minimum atomic E-state index is 0.461. The van der Waals surface area contributed by atoms with Crippen molar-refractivity contribution in [1.82, 2.24) is 5.32 Å². The van der Waals surface area contributed by atoms with Gasteiger partial charge in [-0.05, 0) is 34.0 Å². The van der Waals surface area contributed by atoms with Gasteiger partial charge in [-0.25, -0.2) is 0 Å². The van der Waals surface area contributed by atoms with Crippen LogP contribution < -0.4 is 10.1 Å². The van der Waals surface area contributed by atoms with E-state index in [2.05, 4.69) is 54.7 Å². The minimum Gasteiger partial charge on any atom is -0.488 e. The summed E-state index contributed by atoms with van der Waals surface area (Å²) in [5.41, 5.74) is 2.27. The Morgan fingerprint density at radius 2 is 2.17 bits per heavy atom. The van der Waals surface area contributed by atoms with Crippen LogP contribution in [0.1, 0.15) is 32.8 Å². The van der Waals surface area contributed by atoms with Gasteiger partial charge in [-0.1, -0.05) is 39.5 Å². The van der Waals surface area contributed by atoms with Crippen LogP contribution in [0.15, 0.2) is 34.8 Å². The van der Waals surface area contributed by atoms with Crippen molar-refractivity contribution in [2.24, 2.45) is 0 Å². The van der Waals surface area contributed by atoms with Gasteiger partial charge in [0.2, 0.25) is 0 Å². The largest absolute Gasteiger partial charge is 0.488 e. The zero-order chi connectivity index (χ0) is 13.5. The molecule has 18 heavy (non-hydrogen) atoms. The molecule has 1 aromatic carbocycles. The summed E-state index contributed by atoms with van der Waals surface area (Å²) in [6.45, 7) is 11.7. The third-order valence-electron chi connectivity index (χ3n) is 2.67. The van der Waals surface area contributed by atoms with E-state index in [1.807, 2.05) is 12.1 Å². The molecule has 0 spiro atoms. The van der Waals surface area contributed by atoms with E-state index in [-0.39, 0.29) is 0 Å². The molecule has 0 saturated heterocycles. The lowest BCUT2D eigenvalue weighted by Crippen LogP contribution is -2.22. The zero-order valence-corrected chi connectivity index (χ0v) is 13.0. The SMILES string of the molecule is C=C(CC)COc1c(Br)cccc1CNC(C)C. The van der Waals surface area contributed by atoms with E-state index >= 15 is 0 Å². The molecule has 3 heteroatoms. The van der Waals surface area contributed by atoms with Gasteiger partial charge >= 0.3 is 0 Å². The summed E-state index contributed by atoms with van der Waals surface area (Å²) in [5.74, 6) is 0.917. The Kier molecular flexibility index (Phi) is 6.44. The van der Waals surface area contributed by atoms with Crippen molar-refractivity contribution >= 4 is 15.9 Å². The van der Waals surface area contributed by atoms with Crippen LogP contribution in [0.3, 0.4) is 0 Å². The number of ether oxygens (including phenoxy) is 1. The molecule has 0 bridgehead atoms. The maximum Gasteiger partial charge on any atom is 0.138 e. The fraction of sp³-hybridized carbons (Fsp3) is 0.467. The molecule has 1 aromatic rings. The molecule has 0 heterocycles. The van der Waals surface area contributed by atoms with Gasteiger partial charge in [0.1, 0.15) is 12.4 Å². The number of hydrogen-bond donors (Lipinski definition) is 1. The quantitative estimate of drug-likeness (QED) is 0.758. The van der Waals surface area contributed by atoms with Crippen LogP contribution in [0.2, 0.25) is 0 Å². The smallest absolute Gasteiger partial charge is 0.138 e. The van der Waals surface area contributed by atoms with Crippen LogP contribution in [-0.2, 0) is 6.54 Å². The van der Waals surface area contributed by atoms with Crippen LogP contribution in [0.5, 0.6) is 5.75 Å². The lowest BCUT2D eigenvalue weighted by atomic mass is 10.2. The van der Waals surface area contributed by atoms with Crippen molar-refractivity contribution < 1.29 is 4.74 Å². The van der Waals surface area contributed by atoms with Crippen molar-refractivity contribution in [3.05, 3.63) is 40.4 Å². The van der Waals surface area contributed by atoms with Crippen LogP contribution in [0, 0.1) is 0 Å². The first-order valence-corrected chi connectivity index (χ1v) is 7.14. The molecule has 0 aliphatic rings. The molecular weight excluding hydrogens is 290 g/mol. The second-order valence-electron chi connectivity index (χ2n) is 4.66. The summed E-state index contributed by atoms with van der Waals surface area (Å²) < 4.78 is 6.86. The second-order valence-corrected chi connectivity index (χ2v) is 5.51. The molecule has 0 atom stereocenters. The third-order valence-corrected chi connectivity index (χ3v) is 3.29. The summed E-state index contributed by atoms with van der Waals surface area (Å²) in [7, 11) is 0. The molecule has 0 unspecified atom stereocenters. The van der Waals surface area contributed by atoms with E-state index in [0.29, 0.717) is 12.6 Å². The van der Waals surface area contributed by atoms with Crippen LogP contribution in [0.4, 0.5) is 0 Å². The van der Waals surface area contributed by atoms with Crippen LogP contribution in [-0.4, -0.2) is 12.6 Å². The van der Waals surface area contributed by atoms with Gasteiger partial charge < -0.3 is 10.1 Å². The maximum absolute atomic E-state index is 5.87. The Morgan fingerprint density at radius 1 is 1.44 bits per heavy atom. The van der Waals surface area contributed by atoms with Crippen molar-refractivity contribution in [3.63, 3.8) is 0 Å². The molecule has 0 aromatic heterocycles. The lowest BCUT2D eigenvalue weighted by Gasteiger charge is -2.15. The summed E-state index contributed by atoms with van der Waals surface area (Å²) in [6, 6.07) is 6.58. The van der Waals surface area contributed by atoms with Crippen molar-refractivity contribution in [1.29, 1.82) is 0 Å². The molecule has 1 N–H and O–H groups in total. The molecule has 1 rings (SSSR count). The van der Waals surface area contributed by atoms with Crippen molar-refractivity contribution in [3.8, 4) is 5.75 Å². The van der Waals surface area contributed by atoms with Crippen LogP contribution in [0.25, 0.3) is 0 Å². The van der Waals surface area contributed by atoms with Crippen molar-refractivity contribution in [2.75, 3.05) is 6.61 Å². The highest BCUT2D eigenvalue weighted by molar-refractivity contribution is 9.10. The normalized spacial score (nSPS) is 10.7. The van der Waals surface area contributed by atoms with E-state index in [1.54, 1.807) is 0 Å². The second kappa shape index (κ2) is 7.59. The molecule has 0 fully saturated rings. The Morgan fingerprint density at radius 3 is 2.78 bits per heavy atom. The van der Waals surface area contributed by atoms with E-state index in [0.717, 1.165) is 28.8 Å². The standard InChI is InChI=1S/C15H22BrNO/c1-5-12(4)10-18-15-13(9-17-11(2)3)7-6-8-14(15)16/h6-8,11,17H,4-5,9-10H2,1-3H3. The van der Waals surface area contributed by atoms with E-state index in [9.17, 15) is 0 Å². The monoisotopic (exact) mass is 311 g/mol. The number of nitrogens with one attached hydrogen (secondary N) is 1. The predicted octanol–water partition coefficient (Wildman–Crippen LogP) is 4.29. The average molecular weight is 312 g/mol. The minimum absolute atomic E-state index is 0.461. The van der Waals surface area contributed by atoms with Gasteiger partial charge in [0, 0.05) is 18.2 Å². The Labute approximate surface area is 119 Å². The number of para-hydroxylation sites is 1. The van der Waals surface area contributed by atoms with Gasteiger partial charge in [-0.3, -0.25) is 0 Å². The summed E-state index contributed by atoms with van der Waals surface area (Å²) >= 11 is 3.54. The Balaban J connectivity index is 2.76. The maximum atomic E-state index is 5.87. The summed E-state index contributed by atoms with van der Waals surface area (Å²) in [5, 5.41) is 3.41. The molecule has 0 saturated carbocycles. The Bertz CT molecular complexity index is 401. The first kappa shape index (κ1) is 15.3. The third kappa shape index (κ3) is 4.83. The molecule has 0 radical (unpaired) electrons. The molecular formula is C15H22BrNO. The van der Waals surface area contributed by atoms with E-state index < -0.39 is 0 Å². The van der Waals surface area contributed by atoms with Gasteiger partial charge in [0.15, 0.2) is 0 Å². The van der Waals surface area contributed by atoms with Crippen LogP contribution >= 0.6 is 15.9 Å². The topological polar surface area (TPSA) is 21.3 Å². The predicted molar refractivity (Wildman–Crippen MR) is 81.0 cm³/mol. The number of benzene rings is 1. The number of hydrogen-bond acceptors (Lipinski definition) is 2. The van der Waals surface area contributed by atoms with Crippen molar-refractivity contribution in [2.45, 2.75) is 39.8 Å². The highest BCUT2D eigenvalue weighted by Crippen LogP contribution is 2.29. The molecule has 0 aliphatic carbocycles. The molecule has 0 amide bonds. The van der Waals surface area contributed by atoms with Gasteiger partial charge in [0.05, 0.1) is 4.47 Å². The molecule has 100 valence electrons. The summed E-state index contributed by atoms with van der Waals surface area (Å²) in [4.78, 5) is 0. The van der Waals surface area contributed by atoms with Gasteiger partial charge in [-0.15, -0.1) is 0 Å². The van der Waals surface area contributed by atoms with Gasteiger partial charge in [0.25, 0.3) is 0 Å². The zero-order valence-electron chi connectivity index (χ0n) is 11.4. The fourth-order valence-corrected chi connectivity index (χ4v) is 1.97. The average Bonchev–Trinajstić information content (AvgIpc) is 2.34. The summed E-state index contributed by atoms with van der Waals surface area (Å²) in [6.07, 6.45) is 0.948. The first-order chi connectivity index (χ1) is 8.54. The molecule has 2 nitrogen and oxygen atoms in total. The highest BCUT2D eigenvalue weighted by Gasteiger charge is 2.08.